The zero-order valence-electron chi connectivity index (χ0n) is 8.76. The van der Waals surface area contributed by atoms with Crippen molar-refractivity contribution in [3.8, 4) is 0 Å². The molecule has 1 aromatic heterocycles. The summed E-state index contributed by atoms with van der Waals surface area (Å²) in [6.45, 7) is 0.366. The molecule has 6 nitrogen and oxygen atoms in total. The highest BCUT2D eigenvalue weighted by Gasteiger charge is 2.27. The molecule has 2 heterocycles. The molecular weight excluding hydrogens is 244 g/mol. The molecule has 1 saturated heterocycles. The number of carbonyl (C=O) groups is 2. The van der Waals surface area contributed by atoms with E-state index in [9.17, 15) is 9.59 Å². The quantitative estimate of drug-likeness (QED) is 0.579. The predicted octanol–water partition coefficient (Wildman–Crippen LogP) is 0.199. The van der Waals surface area contributed by atoms with E-state index in [1.165, 1.54) is 12.3 Å². The third-order valence-electron chi connectivity index (χ3n) is 2.21. The first-order chi connectivity index (χ1) is 8.16. The van der Waals surface area contributed by atoms with Crippen LogP contribution in [0.15, 0.2) is 22.8 Å². The summed E-state index contributed by atoms with van der Waals surface area (Å²) in [6, 6.07) is 2.63. The van der Waals surface area contributed by atoms with E-state index in [1.54, 1.807) is 6.07 Å². The minimum Gasteiger partial charge on any atom is -0.464 e. The van der Waals surface area contributed by atoms with Crippen molar-refractivity contribution in [2.75, 3.05) is 6.61 Å². The van der Waals surface area contributed by atoms with Crippen molar-refractivity contribution < 1.29 is 18.7 Å². The lowest BCUT2D eigenvalue weighted by Gasteiger charge is -2.11. The third-order valence-corrected chi connectivity index (χ3v) is 2.43. The Morgan fingerprint density at radius 3 is 2.94 bits per heavy atom. The molecule has 1 aromatic rings. The number of furan rings is 1. The standard InChI is InChI=1S/C10H10N2O4S/c13-8(7-2-1-4-15-7)12-10(17)11-6-3-5-16-9(6)14/h1-2,4,6H,3,5H2,(H2,11,12,13,17). The molecule has 1 amide bonds. The zero-order chi connectivity index (χ0) is 12.3. The fourth-order valence-electron chi connectivity index (χ4n) is 1.39. The van der Waals surface area contributed by atoms with E-state index in [-0.39, 0.29) is 16.8 Å². The van der Waals surface area contributed by atoms with E-state index in [0.29, 0.717) is 13.0 Å². The van der Waals surface area contributed by atoms with Crippen LogP contribution in [0.3, 0.4) is 0 Å². The number of cyclic esters (lactones) is 1. The van der Waals surface area contributed by atoms with Crippen molar-refractivity contribution in [3.63, 3.8) is 0 Å². The number of hydrogen-bond donors (Lipinski definition) is 2. The van der Waals surface area contributed by atoms with Crippen molar-refractivity contribution in [1.29, 1.82) is 0 Å². The highest BCUT2D eigenvalue weighted by atomic mass is 32.1. The summed E-state index contributed by atoms with van der Waals surface area (Å²) in [5.74, 6) is -0.665. The van der Waals surface area contributed by atoms with Crippen LogP contribution in [-0.4, -0.2) is 29.6 Å². The van der Waals surface area contributed by atoms with Crippen LogP contribution in [0.4, 0.5) is 0 Å². The summed E-state index contributed by atoms with van der Waals surface area (Å²) in [6.07, 6.45) is 1.93. The van der Waals surface area contributed by atoms with Gasteiger partial charge in [0, 0.05) is 6.42 Å². The Labute approximate surface area is 102 Å². The molecule has 0 aromatic carbocycles. The van der Waals surface area contributed by atoms with Crippen LogP contribution in [0.2, 0.25) is 0 Å². The first-order valence-corrected chi connectivity index (χ1v) is 5.39. The molecule has 0 bridgehead atoms. The maximum absolute atomic E-state index is 11.5. The molecule has 2 rings (SSSR count). The van der Waals surface area contributed by atoms with Crippen molar-refractivity contribution in [2.45, 2.75) is 12.5 Å². The Bertz CT molecular complexity index is 443. The van der Waals surface area contributed by atoms with E-state index in [2.05, 4.69) is 10.6 Å². The van der Waals surface area contributed by atoms with Gasteiger partial charge in [0.15, 0.2) is 10.9 Å². The summed E-state index contributed by atoms with van der Waals surface area (Å²) >= 11 is 4.90. The molecule has 2 N–H and O–H groups in total. The molecule has 90 valence electrons. The van der Waals surface area contributed by atoms with E-state index >= 15 is 0 Å². The molecule has 0 aliphatic carbocycles. The van der Waals surface area contributed by atoms with Gasteiger partial charge in [-0.25, -0.2) is 4.79 Å². The van der Waals surface area contributed by atoms with Gasteiger partial charge < -0.3 is 14.5 Å². The number of ether oxygens (including phenoxy) is 1. The third kappa shape index (κ3) is 2.82. The second-order valence-electron chi connectivity index (χ2n) is 3.41. The molecule has 1 atom stereocenters. The van der Waals surface area contributed by atoms with Gasteiger partial charge in [0.1, 0.15) is 6.04 Å². The van der Waals surface area contributed by atoms with Crippen LogP contribution in [0.5, 0.6) is 0 Å². The van der Waals surface area contributed by atoms with Gasteiger partial charge in [-0.15, -0.1) is 0 Å². The molecule has 0 saturated carbocycles. The van der Waals surface area contributed by atoms with Crippen LogP contribution >= 0.6 is 12.2 Å². The Balaban J connectivity index is 1.85. The van der Waals surface area contributed by atoms with Crippen molar-refractivity contribution in [3.05, 3.63) is 24.2 Å². The molecule has 1 aliphatic rings. The van der Waals surface area contributed by atoms with E-state index in [4.69, 9.17) is 21.4 Å². The Hall–Kier alpha value is -1.89. The number of hydrogen-bond acceptors (Lipinski definition) is 5. The molecule has 1 fully saturated rings. The van der Waals surface area contributed by atoms with Gasteiger partial charge >= 0.3 is 5.97 Å². The van der Waals surface area contributed by atoms with Gasteiger partial charge in [-0.2, -0.15) is 0 Å². The second kappa shape index (κ2) is 4.96. The maximum atomic E-state index is 11.5. The number of esters is 1. The number of rotatable bonds is 2. The van der Waals surface area contributed by atoms with Gasteiger partial charge in [0.2, 0.25) is 0 Å². The number of thiocarbonyl (C=S) groups is 1. The van der Waals surface area contributed by atoms with Gasteiger partial charge in [-0.3, -0.25) is 10.1 Å². The molecule has 0 radical (unpaired) electrons. The lowest BCUT2D eigenvalue weighted by atomic mass is 10.2. The number of amides is 1. The topological polar surface area (TPSA) is 80.6 Å². The highest BCUT2D eigenvalue weighted by molar-refractivity contribution is 7.80. The predicted molar refractivity (Wildman–Crippen MR) is 61.3 cm³/mol. The summed E-state index contributed by atoms with van der Waals surface area (Å²) in [5, 5.41) is 5.19. The lowest BCUT2D eigenvalue weighted by molar-refractivity contribution is -0.139. The molecule has 1 unspecified atom stereocenters. The Kier molecular flexibility index (Phi) is 3.38. The summed E-state index contributed by atoms with van der Waals surface area (Å²) in [7, 11) is 0. The van der Waals surface area contributed by atoms with Crippen LogP contribution < -0.4 is 10.6 Å². The SMILES string of the molecule is O=C(NC(=S)NC1CCOC1=O)c1ccco1. The second-order valence-corrected chi connectivity index (χ2v) is 3.82. The fourth-order valence-corrected chi connectivity index (χ4v) is 1.63. The summed E-state index contributed by atoms with van der Waals surface area (Å²) in [5.41, 5.74) is 0. The smallest absolute Gasteiger partial charge is 0.328 e. The summed E-state index contributed by atoms with van der Waals surface area (Å²) in [4.78, 5) is 22.7. The fraction of sp³-hybridized carbons (Fsp3) is 0.300. The van der Waals surface area contributed by atoms with Gasteiger partial charge in [0.25, 0.3) is 5.91 Å². The first-order valence-electron chi connectivity index (χ1n) is 4.99. The normalized spacial score (nSPS) is 18.6. The van der Waals surface area contributed by atoms with Crippen LogP contribution in [0.1, 0.15) is 17.0 Å². The first kappa shape index (κ1) is 11.6. The highest BCUT2D eigenvalue weighted by Crippen LogP contribution is 2.05. The van der Waals surface area contributed by atoms with Crippen LogP contribution in [0, 0.1) is 0 Å². The maximum Gasteiger partial charge on any atom is 0.328 e. The largest absolute Gasteiger partial charge is 0.464 e. The van der Waals surface area contributed by atoms with E-state index < -0.39 is 11.9 Å². The lowest BCUT2D eigenvalue weighted by Crippen LogP contribution is -2.45. The van der Waals surface area contributed by atoms with Crippen LogP contribution in [0.25, 0.3) is 0 Å². The monoisotopic (exact) mass is 254 g/mol. The molecule has 17 heavy (non-hydrogen) atoms. The number of carbonyl (C=O) groups excluding carboxylic acids is 2. The molecule has 0 spiro atoms. The van der Waals surface area contributed by atoms with Crippen molar-refractivity contribution in [2.24, 2.45) is 0 Å². The minimum absolute atomic E-state index is 0.0789. The molecule has 7 heteroatoms. The Morgan fingerprint density at radius 2 is 2.35 bits per heavy atom. The van der Waals surface area contributed by atoms with E-state index in [0.717, 1.165) is 0 Å². The molecular formula is C10H10N2O4S. The number of nitrogens with one attached hydrogen (secondary N) is 2. The van der Waals surface area contributed by atoms with Crippen molar-refractivity contribution >= 4 is 29.2 Å². The minimum atomic E-state index is -0.487. The summed E-state index contributed by atoms with van der Waals surface area (Å²) < 4.78 is 9.65. The average Bonchev–Trinajstić information content (AvgIpc) is 2.90. The van der Waals surface area contributed by atoms with Crippen LogP contribution in [-0.2, 0) is 9.53 Å². The van der Waals surface area contributed by atoms with Gasteiger partial charge in [0.05, 0.1) is 12.9 Å². The molecule has 1 aliphatic heterocycles. The average molecular weight is 254 g/mol. The van der Waals surface area contributed by atoms with E-state index in [1.807, 2.05) is 0 Å². The van der Waals surface area contributed by atoms with Gasteiger partial charge in [-0.1, -0.05) is 0 Å². The van der Waals surface area contributed by atoms with Crippen molar-refractivity contribution in [1.82, 2.24) is 10.6 Å². The van der Waals surface area contributed by atoms with Gasteiger partial charge in [-0.05, 0) is 24.4 Å². The Morgan fingerprint density at radius 1 is 1.53 bits per heavy atom. The zero-order valence-corrected chi connectivity index (χ0v) is 9.58.